The molecule has 2 atom stereocenters. The Morgan fingerprint density at radius 1 is 1.12 bits per heavy atom. The molecule has 33 heavy (non-hydrogen) atoms. The summed E-state index contributed by atoms with van der Waals surface area (Å²) < 4.78 is 11.7. The number of hydrogen-bond donors (Lipinski definition) is 1. The molecule has 1 N–H and O–H groups in total. The van der Waals surface area contributed by atoms with Crippen molar-refractivity contribution in [3.8, 4) is 5.75 Å². The van der Waals surface area contributed by atoms with Gasteiger partial charge >= 0.3 is 0 Å². The van der Waals surface area contributed by atoms with E-state index in [1.165, 1.54) is 5.56 Å². The van der Waals surface area contributed by atoms with Gasteiger partial charge in [0.25, 0.3) is 0 Å². The highest BCUT2D eigenvalue weighted by Crippen LogP contribution is 2.38. The van der Waals surface area contributed by atoms with Gasteiger partial charge < -0.3 is 14.8 Å². The van der Waals surface area contributed by atoms with Gasteiger partial charge in [-0.05, 0) is 41.5 Å². The molecule has 5 rings (SSSR count). The average molecular weight is 445 g/mol. The Morgan fingerprint density at radius 2 is 2.03 bits per heavy atom. The number of nitrogens with one attached hydrogen (secondary N) is 1. The molecular formula is C26H28N4O3. The summed E-state index contributed by atoms with van der Waals surface area (Å²) >= 11 is 0. The molecule has 0 unspecified atom stereocenters. The van der Waals surface area contributed by atoms with E-state index < -0.39 is 5.54 Å². The molecule has 0 aliphatic carbocycles. The first-order chi connectivity index (χ1) is 16.2. The molecule has 2 aliphatic rings. The first kappa shape index (κ1) is 21.6. The first-order valence-electron chi connectivity index (χ1n) is 11.3. The third-order valence-electron chi connectivity index (χ3n) is 6.36. The largest absolute Gasteiger partial charge is 0.487 e. The van der Waals surface area contributed by atoms with E-state index in [-0.39, 0.29) is 11.8 Å². The molecule has 0 bridgehead atoms. The van der Waals surface area contributed by atoms with Crippen LogP contribution >= 0.6 is 0 Å². The van der Waals surface area contributed by atoms with Gasteiger partial charge in [-0.15, -0.1) is 0 Å². The van der Waals surface area contributed by atoms with Crippen LogP contribution in [-0.2, 0) is 22.7 Å². The van der Waals surface area contributed by atoms with E-state index in [9.17, 15) is 4.79 Å². The minimum absolute atomic E-state index is 0.0534. The molecule has 2 fully saturated rings. The second-order valence-corrected chi connectivity index (χ2v) is 8.77. The maximum atomic E-state index is 12.4. The summed E-state index contributed by atoms with van der Waals surface area (Å²) in [5, 5.41) is 3.30. The normalized spacial score (nSPS) is 23.3. The molecule has 7 heteroatoms. The van der Waals surface area contributed by atoms with Crippen molar-refractivity contribution >= 4 is 5.91 Å². The number of pyridine rings is 2. The number of carbonyl (C=O) groups excluding carboxylic acids is 1. The fraction of sp³-hybridized carbons (Fsp3) is 0.346. The topological polar surface area (TPSA) is 76.6 Å². The third kappa shape index (κ3) is 5.05. The second kappa shape index (κ2) is 9.68. The van der Waals surface area contributed by atoms with E-state index in [1.54, 1.807) is 12.4 Å². The lowest BCUT2D eigenvalue weighted by atomic mass is 9.83. The van der Waals surface area contributed by atoms with Crippen LogP contribution in [0.25, 0.3) is 0 Å². The average Bonchev–Trinajstić information content (AvgIpc) is 3.08. The van der Waals surface area contributed by atoms with Crippen LogP contribution in [0, 0.1) is 0 Å². The Balaban J connectivity index is 1.28. The molecule has 7 nitrogen and oxygen atoms in total. The second-order valence-electron chi connectivity index (χ2n) is 8.77. The zero-order chi connectivity index (χ0) is 22.5. The van der Waals surface area contributed by atoms with Crippen molar-refractivity contribution in [2.75, 3.05) is 26.3 Å². The van der Waals surface area contributed by atoms with Crippen molar-refractivity contribution in [2.45, 2.75) is 31.0 Å². The number of aromatic nitrogens is 2. The number of hydrogen-bond acceptors (Lipinski definition) is 6. The molecule has 2 aromatic heterocycles. The van der Waals surface area contributed by atoms with Crippen molar-refractivity contribution in [1.29, 1.82) is 0 Å². The zero-order valence-electron chi connectivity index (χ0n) is 18.5. The zero-order valence-corrected chi connectivity index (χ0v) is 18.5. The lowest BCUT2D eigenvalue weighted by Crippen LogP contribution is -2.55. The number of rotatable bonds is 6. The minimum atomic E-state index is -0.442. The summed E-state index contributed by atoms with van der Waals surface area (Å²) in [5.74, 6) is 0.992. The van der Waals surface area contributed by atoms with Gasteiger partial charge in [-0.3, -0.25) is 19.7 Å². The smallest absolute Gasteiger partial charge is 0.222 e. The summed E-state index contributed by atoms with van der Waals surface area (Å²) in [6, 6.07) is 18.0. The van der Waals surface area contributed by atoms with Crippen LogP contribution in [-0.4, -0.2) is 52.6 Å². The summed E-state index contributed by atoms with van der Waals surface area (Å²) in [6.07, 6.45) is 5.86. The molecule has 1 aromatic carbocycles. The lowest BCUT2D eigenvalue weighted by Gasteiger charge is -2.34. The van der Waals surface area contributed by atoms with Gasteiger partial charge in [0.15, 0.2) is 0 Å². The number of carbonyl (C=O) groups is 1. The van der Waals surface area contributed by atoms with Crippen molar-refractivity contribution in [3.05, 3.63) is 90.0 Å². The number of amides is 1. The van der Waals surface area contributed by atoms with E-state index in [4.69, 9.17) is 9.47 Å². The number of ether oxygens (including phenoxy) is 2. The summed E-state index contributed by atoms with van der Waals surface area (Å²) in [7, 11) is 0. The Hall–Kier alpha value is -3.29. The van der Waals surface area contributed by atoms with Gasteiger partial charge in [0.2, 0.25) is 5.91 Å². The van der Waals surface area contributed by atoms with Crippen molar-refractivity contribution in [1.82, 2.24) is 20.2 Å². The Morgan fingerprint density at radius 3 is 2.82 bits per heavy atom. The molecule has 2 aliphatic heterocycles. The molecule has 0 radical (unpaired) electrons. The van der Waals surface area contributed by atoms with E-state index >= 15 is 0 Å². The lowest BCUT2D eigenvalue weighted by molar-refractivity contribution is -0.122. The Kier molecular flexibility index (Phi) is 6.32. The highest BCUT2D eigenvalue weighted by atomic mass is 16.5. The van der Waals surface area contributed by atoms with Crippen molar-refractivity contribution in [3.63, 3.8) is 0 Å². The number of nitrogens with zero attached hydrogens (tertiary/aromatic N) is 3. The van der Waals surface area contributed by atoms with Crippen LogP contribution in [0.4, 0.5) is 0 Å². The van der Waals surface area contributed by atoms with Crippen LogP contribution < -0.4 is 10.1 Å². The maximum Gasteiger partial charge on any atom is 0.222 e. The highest BCUT2D eigenvalue weighted by molar-refractivity contribution is 5.77. The predicted molar refractivity (Wildman–Crippen MR) is 124 cm³/mol. The monoisotopic (exact) mass is 444 g/mol. The van der Waals surface area contributed by atoms with Crippen LogP contribution in [0.3, 0.4) is 0 Å². The van der Waals surface area contributed by atoms with E-state index in [0.717, 1.165) is 36.6 Å². The van der Waals surface area contributed by atoms with Crippen molar-refractivity contribution < 1.29 is 14.3 Å². The van der Waals surface area contributed by atoms with Gasteiger partial charge in [0.05, 0.1) is 24.4 Å². The molecular weight excluding hydrogens is 416 g/mol. The third-order valence-corrected chi connectivity index (χ3v) is 6.36. The number of benzene rings is 1. The number of likely N-dealkylation sites (tertiary alicyclic amines) is 1. The SMILES string of the molecule is O=C1CCOC[C@]2(CN(Cc3ccc(OCc4ccccn4)cc3)C[C@H]2c2cccnc2)N1. The maximum absolute atomic E-state index is 12.4. The molecule has 3 aromatic rings. The predicted octanol–water partition coefficient (Wildman–Crippen LogP) is 2.93. The van der Waals surface area contributed by atoms with Crippen molar-refractivity contribution in [2.24, 2.45) is 0 Å². The van der Waals surface area contributed by atoms with E-state index in [0.29, 0.717) is 26.2 Å². The molecule has 1 spiro atoms. The first-order valence-corrected chi connectivity index (χ1v) is 11.3. The van der Waals surface area contributed by atoms with Gasteiger partial charge in [-0.25, -0.2) is 0 Å². The van der Waals surface area contributed by atoms with Gasteiger partial charge in [0, 0.05) is 50.6 Å². The summed E-state index contributed by atoms with van der Waals surface area (Å²) in [5.41, 5.74) is 2.78. The quantitative estimate of drug-likeness (QED) is 0.630. The van der Waals surface area contributed by atoms with E-state index in [2.05, 4.69) is 38.4 Å². The van der Waals surface area contributed by atoms with Crippen LogP contribution in [0.2, 0.25) is 0 Å². The van der Waals surface area contributed by atoms with E-state index in [1.807, 2.05) is 42.6 Å². The van der Waals surface area contributed by atoms with Gasteiger partial charge in [-0.1, -0.05) is 24.3 Å². The van der Waals surface area contributed by atoms with Crippen LogP contribution in [0.15, 0.2) is 73.2 Å². The fourth-order valence-electron chi connectivity index (χ4n) is 4.79. The van der Waals surface area contributed by atoms with Crippen LogP contribution in [0.1, 0.15) is 29.2 Å². The molecule has 0 saturated carbocycles. The van der Waals surface area contributed by atoms with Gasteiger partial charge in [-0.2, -0.15) is 0 Å². The molecule has 170 valence electrons. The minimum Gasteiger partial charge on any atom is -0.487 e. The molecule has 1 amide bonds. The highest BCUT2D eigenvalue weighted by Gasteiger charge is 2.49. The molecule has 2 saturated heterocycles. The summed E-state index contributed by atoms with van der Waals surface area (Å²) in [6.45, 7) is 3.77. The Labute approximate surface area is 193 Å². The standard InChI is InChI=1S/C26H28N4O3/c31-25-10-13-32-19-26(29-25)18-30(16-24(26)21-4-3-11-27-14-21)15-20-6-8-23(9-7-20)33-17-22-5-1-2-12-28-22/h1-9,11-12,14,24H,10,13,15-19H2,(H,29,31)/t24-,26-/m0/s1. The summed E-state index contributed by atoms with van der Waals surface area (Å²) in [4.78, 5) is 23.4. The van der Waals surface area contributed by atoms with Gasteiger partial charge in [0.1, 0.15) is 12.4 Å². The molecule has 4 heterocycles. The Bertz CT molecular complexity index is 1060. The fourth-order valence-corrected chi connectivity index (χ4v) is 4.79. The van der Waals surface area contributed by atoms with Crippen LogP contribution in [0.5, 0.6) is 5.75 Å².